The Morgan fingerprint density at radius 1 is 1.07 bits per heavy atom. The van der Waals surface area contributed by atoms with Crippen molar-refractivity contribution in [2.75, 3.05) is 11.5 Å². The number of ether oxygens (including phenoxy) is 1. The SMILES string of the molecule is CCOc1ccc(C2CC(=O)N(c3ccccc3Cl)C3=C2C(=O)CC(C)(C)C3)cc1. The summed E-state index contributed by atoms with van der Waals surface area (Å²) < 4.78 is 5.54. The quantitative estimate of drug-likeness (QED) is 0.614. The summed E-state index contributed by atoms with van der Waals surface area (Å²) in [6, 6.07) is 15.1. The normalized spacial score (nSPS) is 20.9. The van der Waals surface area contributed by atoms with Crippen molar-refractivity contribution in [2.45, 2.75) is 46.0 Å². The largest absolute Gasteiger partial charge is 0.494 e. The summed E-state index contributed by atoms with van der Waals surface area (Å²) in [4.78, 5) is 28.4. The van der Waals surface area contributed by atoms with Crippen molar-refractivity contribution in [1.29, 1.82) is 0 Å². The lowest BCUT2D eigenvalue weighted by molar-refractivity contribution is -0.121. The summed E-state index contributed by atoms with van der Waals surface area (Å²) in [5, 5.41) is 0.507. The zero-order valence-corrected chi connectivity index (χ0v) is 18.3. The van der Waals surface area contributed by atoms with E-state index < -0.39 is 0 Å². The first-order valence-corrected chi connectivity index (χ1v) is 10.7. The van der Waals surface area contributed by atoms with Gasteiger partial charge in [-0.2, -0.15) is 0 Å². The summed E-state index contributed by atoms with van der Waals surface area (Å²) in [6.07, 6.45) is 1.37. The number of rotatable bonds is 4. The van der Waals surface area contributed by atoms with Gasteiger partial charge in [0.15, 0.2) is 5.78 Å². The van der Waals surface area contributed by atoms with Crippen molar-refractivity contribution in [3.8, 4) is 5.75 Å². The molecule has 0 bridgehead atoms. The number of nitrogens with zero attached hydrogens (tertiary/aromatic N) is 1. The van der Waals surface area contributed by atoms with Gasteiger partial charge in [0.25, 0.3) is 0 Å². The molecule has 2 aliphatic rings. The van der Waals surface area contributed by atoms with Crippen LogP contribution >= 0.6 is 11.6 Å². The molecule has 0 aromatic heterocycles. The van der Waals surface area contributed by atoms with Crippen LogP contribution in [0.5, 0.6) is 5.75 Å². The molecule has 1 amide bonds. The third-order valence-electron chi connectivity index (χ3n) is 5.83. The Hall–Kier alpha value is -2.59. The molecule has 1 aliphatic carbocycles. The van der Waals surface area contributed by atoms with Crippen LogP contribution in [0.4, 0.5) is 5.69 Å². The summed E-state index contributed by atoms with van der Waals surface area (Å²) in [5.41, 5.74) is 2.94. The van der Waals surface area contributed by atoms with E-state index in [4.69, 9.17) is 16.3 Å². The van der Waals surface area contributed by atoms with E-state index in [1.165, 1.54) is 0 Å². The molecule has 0 fully saturated rings. The van der Waals surface area contributed by atoms with Gasteiger partial charge in [-0.3, -0.25) is 14.5 Å². The highest BCUT2D eigenvalue weighted by Gasteiger charge is 2.44. The van der Waals surface area contributed by atoms with E-state index in [9.17, 15) is 9.59 Å². The van der Waals surface area contributed by atoms with Crippen LogP contribution < -0.4 is 9.64 Å². The van der Waals surface area contributed by atoms with Gasteiger partial charge in [-0.1, -0.05) is 49.7 Å². The fourth-order valence-corrected chi connectivity index (χ4v) is 4.80. The first kappa shape index (κ1) is 20.7. The Bertz CT molecular complexity index is 1020. The van der Waals surface area contributed by atoms with E-state index >= 15 is 0 Å². The van der Waals surface area contributed by atoms with Crippen LogP contribution in [-0.2, 0) is 9.59 Å². The number of ketones is 1. The molecule has 1 aliphatic heterocycles. The number of amides is 1. The number of carbonyl (C=O) groups excluding carboxylic acids is 2. The minimum Gasteiger partial charge on any atom is -0.494 e. The van der Waals surface area contributed by atoms with E-state index in [1.54, 1.807) is 11.0 Å². The fraction of sp³-hybridized carbons (Fsp3) is 0.360. The van der Waals surface area contributed by atoms with Crippen molar-refractivity contribution in [2.24, 2.45) is 5.41 Å². The molecule has 5 heteroatoms. The van der Waals surface area contributed by atoms with E-state index in [0.29, 0.717) is 30.2 Å². The summed E-state index contributed by atoms with van der Waals surface area (Å²) in [7, 11) is 0. The third-order valence-corrected chi connectivity index (χ3v) is 6.15. The smallest absolute Gasteiger partial charge is 0.232 e. The second kappa shape index (κ2) is 7.92. The molecule has 1 atom stereocenters. The maximum absolute atomic E-state index is 13.4. The van der Waals surface area contributed by atoms with Crippen molar-refractivity contribution in [3.05, 3.63) is 70.4 Å². The minimum absolute atomic E-state index is 0.0359. The average Bonchev–Trinajstić information content (AvgIpc) is 2.68. The molecule has 4 nitrogen and oxygen atoms in total. The van der Waals surface area contributed by atoms with Gasteiger partial charge < -0.3 is 4.74 Å². The molecule has 1 unspecified atom stereocenters. The zero-order chi connectivity index (χ0) is 21.5. The van der Waals surface area contributed by atoms with Crippen LogP contribution in [0.25, 0.3) is 0 Å². The maximum atomic E-state index is 13.4. The molecule has 30 heavy (non-hydrogen) atoms. The molecule has 2 aromatic rings. The number of anilines is 1. The van der Waals surface area contributed by atoms with E-state index in [1.807, 2.05) is 49.4 Å². The second-order valence-electron chi connectivity index (χ2n) is 8.74. The molecule has 0 N–H and O–H groups in total. The van der Waals surface area contributed by atoms with E-state index in [2.05, 4.69) is 13.8 Å². The van der Waals surface area contributed by atoms with Crippen LogP contribution in [-0.4, -0.2) is 18.3 Å². The highest BCUT2D eigenvalue weighted by molar-refractivity contribution is 6.34. The molecule has 2 aromatic carbocycles. The van der Waals surface area contributed by atoms with Gasteiger partial charge in [-0.05, 0) is 48.6 Å². The topological polar surface area (TPSA) is 46.6 Å². The van der Waals surface area contributed by atoms with Crippen LogP contribution in [0.15, 0.2) is 59.8 Å². The molecule has 4 rings (SSSR count). The summed E-state index contributed by atoms with van der Waals surface area (Å²) in [5.74, 6) is 0.618. The van der Waals surface area contributed by atoms with Crippen molar-refractivity contribution >= 4 is 29.0 Å². The van der Waals surface area contributed by atoms with E-state index in [-0.39, 0.29) is 29.4 Å². The lowest BCUT2D eigenvalue weighted by Crippen LogP contribution is -2.43. The minimum atomic E-state index is -0.245. The standard InChI is InChI=1S/C25H26ClNO3/c1-4-30-17-11-9-16(10-12-17)18-13-23(29)27(20-8-6-5-7-19(20)26)21-14-25(2,3)15-22(28)24(18)21/h5-12,18H,4,13-15H2,1-3H3. The highest BCUT2D eigenvalue weighted by atomic mass is 35.5. The predicted octanol–water partition coefficient (Wildman–Crippen LogP) is 5.90. The Morgan fingerprint density at radius 2 is 1.77 bits per heavy atom. The van der Waals surface area contributed by atoms with Gasteiger partial charge in [0.2, 0.25) is 5.91 Å². The van der Waals surface area contributed by atoms with Gasteiger partial charge in [0.1, 0.15) is 5.75 Å². The number of Topliss-reactive ketones (excluding diaryl/α,β-unsaturated/α-hetero) is 1. The van der Waals surface area contributed by atoms with Crippen molar-refractivity contribution in [3.63, 3.8) is 0 Å². The third kappa shape index (κ3) is 3.77. The predicted molar refractivity (Wildman–Crippen MR) is 119 cm³/mol. The number of halogens is 1. The molecule has 0 spiro atoms. The van der Waals surface area contributed by atoms with Gasteiger partial charge in [-0.25, -0.2) is 0 Å². The van der Waals surface area contributed by atoms with Gasteiger partial charge in [0.05, 0.1) is 17.3 Å². The van der Waals surface area contributed by atoms with Gasteiger partial charge in [0, 0.05) is 30.0 Å². The average molecular weight is 424 g/mol. The molecule has 1 heterocycles. The zero-order valence-electron chi connectivity index (χ0n) is 17.6. The van der Waals surface area contributed by atoms with Crippen LogP contribution in [0.1, 0.15) is 51.5 Å². The Morgan fingerprint density at radius 3 is 2.43 bits per heavy atom. The molecule has 0 radical (unpaired) electrons. The lowest BCUT2D eigenvalue weighted by Gasteiger charge is -2.43. The monoisotopic (exact) mass is 423 g/mol. The van der Waals surface area contributed by atoms with Crippen molar-refractivity contribution in [1.82, 2.24) is 0 Å². The van der Waals surface area contributed by atoms with Crippen LogP contribution in [0.2, 0.25) is 5.02 Å². The Balaban J connectivity index is 1.85. The lowest BCUT2D eigenvalue weighted by atomic mass is 9.69. The number of para-hydroxylation sites is 1. The van der Waals surface area contributed by atoms with Crippen molar-refractivity contribution < 1.29 is 14.3 Å². The van der Waals surface area contributed by atoms with Gasteiger partial charge in [-0.15, -0.1) is 0 Å². The number of benzene rings is 2. The fourth-order valence-electron chi connectivity index (χ4n) is 4.58. The van der Waals surface area contributed by atoms with Crippen LogP contribution in [0.3, 0.4) is 0 Å². The highest BCUT2D eigenvalue weighted by Crippen LogP contribution is 2.49. The summed E-state index contributed by atoms with van der Waals surface area (Å²) >= 11 is 6.45. The number of hydrogen-bond acceptors (Lipinski definition) is 3. The van der Waals surface area contributed by atoms with Crippen LogP contribution in [0, 0.1) is 5.41 Å². The second-order valence-corrected chi connectivity index (χ2v) is 9.15. The molecular weight excluding hydrogens is 398 g/mol. The molecule has 156 valence electrons. The Kier molecular flexibility index (Phi) is 5.46. The van der Waals surface area contributed by atoms with Gasteiger partial charge >= 0.3 is 0 Å². The molecule has 0 saturated heterocycles. The Labute approximate surface area is 182 Å². The number of carbonyl (C=O) groups is 2. The number of allylic oxidation sites excluding steroid dienone is 2. The number of hydrogen-bond donors (Lipinski definition) is 0. The first-order chi connectivity index (χ1) is 14.3. The first-order valence-electron chi connectivity index (χ1n) is 10.4. The maximum Gasteiger partial charge on any atom is 0.232 e. The molecular formula is C25H26ClNO3. The van der Waals surface area contributed by atoms with E-state index in [0.717, 1.165) is 22.6 Å². The summed E-state index contributed by atoms with van der Waals surface area (Å²) in [6.45, 7) is 6.68. The molecule has 0 saturated carbocycles.